The number of nitrogens with one attached hydrogen (secondary N) is 1. The second-order valence-corrected chi connectivity index (χ2v) is 9.27. The van der Waals surface area contributed by atoms with E-state index in [0.29, 0.717) is 24.2 Å². The third kappa shape index (κ3) is 4.38. The average molecular weight is 436 g/mol. The molecule has 0 aliphatic carbocycles. The van der Waals surface area contributed by atoms with E-state index in [1.807, 2.05) is 42.5 Å². The molecule has 32 heavy (non-hydrogen) atoms. The van der Waals surface area contributed by atoms with Crippen molar-refractivity contribution in [2.45, 2.75) is 38.7 Å². The molecule has 2 aliphatic rings. The molecule has 2 aromatic carbocycles. The Kier molecular flexibility index (Phi) is 5.41. The Bertz CT molecular complexity index is 1080. The zero-order valence-electron chi connectivity index (χ0n) is 18.6. The monoisotopic (exact) mass is 435 g/mol. The van der Waals surface area contributed by atoms with Gasteiger partial charge in [0.2, 0.25) is 0 Å². The number of amides is 1. The summed E-state index contributed by atoms with van der Waals surface area (Å²) in [6.07, 6.45) is 2.80. The highest BCUT2D eigenvalue weighted by Crippen LogP contribution is 2.41. The SMILES string of the molecule is CC1(C)Cc2cccc(OCC(=O)NCC3CCN(c4nc5ccccc5o4)CC3)c2O1. The number of oxazole rings is 1. The second-order valence-electron chi connectivity index (χ2n) is 9.27. The molecule has 0 saturated carbocycles. The molecule has 1 saturated heterocycles. The van der Waals surface area contributed by atoms with Gasteiger partial charge in [0.1, 0.15) is 11.1 Å². The first-order valence-electron chi connectivity index (χ1n) is 11.3. The number of hydrogen-bond donors (Lipinski definition) is 1. The lowest BCUT2D eigenvalue weighted by molar-refractivity contribution is -0.123. The number of carbonyl (C=O) groups is 1. The van der Waals surface area contributed by atoms with E-state index in [-0.39, 0.29) is 18.1 Å². The van der Waals surface area contributed by atoms with Gasteiger partial charge in [0.15, 0.2) is 23.7 Å². The fraction of sp³-hybridized carbons (Fsp3) is 0.440. The molecule has 7 heteroatoms. The third-order valence-electron chi connectivity index (χ3n) is 6.17. The van der Waals surface area contributed by atoms with Crippen molar-refractivity contribution in [1.29, 1.82) is 0 Å². The second kappa shape index (κ2) is 8.37. The Hall–Kier alpha value is -3.22. The van der Waals surface area contributed by atoms with Crippen molar-refractivity contribution in [3.8, 4) is 11.5 Å². The maximum atomic E-state index is 12.4. The molecule has 3 aromatic rings. The van der Waals surface area contributed by atoms with Crippen molar-refractivity contribution in [3.05, 3.63) is 48.0 Å². The predicted molar refractivity (Wildman–Crippen MR) is 122 cm³/mol. The number of ether oxygens (including phenoxy) is 2. The van der Waals surface area contributed by atoms with E-state index in [9.17, 15) is 4.79 Å². The van der Waals surface area contributed by atoms with Gasteiger partial charge in [-0.2, -0.15) is 4.98 Å². The highest BCUT2D eigenvalue weighted by molar-refractivity contribution is 5.77. The quantitative estimate of drug-likeness (QED) is 0.632. The van der Waals surface area contributed by atoms with Crippen molar-refractivity contribution in [2.24, 2.45) is 5.92 Å². The van der Waals surface area contributed by atoms with E-state index < -0.39 is 0 Å². The summed E-state index contributed by atoms with van der Waals surface area (Å²) in [6.45, 7) is 6.49. The molecular weight excluding hydrogens is 406 g/mol. The summed E-state index contributed by atoms with van der Waals surface area (Å²) in [7, 11) is 0. The Morgan fingerprint density at radius 2 is 2.00 bits per heavy atom. The lowest BCUT2D eigenvalue weighted by Crippen LogP contribution is -2.39. The molecule has 0 spiro atoms. The number of benzene rings is 2. The molecule has 1 fully saturated rings. The third-order valence-corrected chi connectivity index (χ3v) is 6.17. The molecule has 2 aliphatic heterocycles. The molecule has 0 bridgehead atoms. The van der Waals surface area contributed by atoms with Crippen LogP contribution in [0, 0.1) is 5.92 Å². The number of nitrogens with zero attached hydrogens (tertiary/aromatic N) is 2. The largest absolute Gasteiger partial charge is 0.483 e. The maximum absolute atomic E-state index is 12.4. The minimum Gasteiger partial charge on any atom is -0.483 e. The standard InChI is InChI=1S/C25H29N3O4/c1-25(2)14-18-6-5-9-21(23(18)32-25)30-16-22(29)26-15-17-10-12-28(13-11-17)24-27-19-7-3-4-8-20(19)31-24/h3-9,17H,10-16H2,1-2H3,(H,26,29). The number of rotatable bonds is 6. The minimum absolute atomic E-state index is 0.0119. The van der Waals surface area contributed by atoms with E-state index in [1.54, 1.807) is 0 Å². The molecule has 0 atom stereocenters. The van der Waals surface area contributed by atoms with Crippen LogP contribution in [0.25, 0.3) is 11.1 Å². The Morgan fingerprint density at radius 1 is 1.19 bits per heavy atom. The Labute approximate surface area is 187 Å². The maximum Gasteiger partial charge on any atom is 0.298 e. The summed E-state index contributed by atoms with van der Waals surface area (Å²) in [6, 6.07) is 14.3. The van der Waals surface area contributed by atoms with Crippen LogP contribution in [0.1, 0.15) is 32.3 Å². The summed E-state index contributed by atoms with van der Waals surface area (Å²) in [4.78, 5) is 19.1. The Morgan fingerprint density at radius 3 is 2.81 bits per heavy atom. The van der Waals surface area contributed by atoms with Crippen molar-refractivity contribution >= 4 is 23.0 Å². The van der Waals surface area contributed by atoms with Crippen molar-refractivity contribution < 1.29 is 18.7 Å². The molecule has 1 aromatic heterocycles. The molecule has 0 unspecified atom stereocenters. The van der Waals surface area contributed by atoms with Crippen LogP contribution in [-0.2, 0) is 11.2 Å². The number of hydrogen-bond acceptors (Lipinski definition) is 6. The number of anilines is 1. The van der Waals surface area contributed by atoms with Gasteiger partial charge in [0.05, 0.1) is 0 Å². The molecule has 7 nitrogen and oxygen atoms in total. The van der Waals surface area contributed by atoms with Gasteiger partial charge in [-0.05, 0) is 50.8 Å². The average Bonchev–Trinajstić information content (AvgIpc) is 3.36. The summed E-state index contributed by atoms with van der Waals surface area (Å²) < 4.78 is 17.7. The van der Waals surface area contributed by atoms with E-state index in [1.165, 1.54) is 0 Å². The number of piperidine rings is 1. The molecular formula is C25H29N3O4. The first-order valence-corrected chi connectivity index (χ1v) is 11.3. The van der Waals surface area contributed by atoms with Crippen LogP contribution in [0.4, 0.5) is 6.01 Å². The summed E-state index contributed by atoms with van der Waals surface area (Å²) >= 11 is 0. The van der Waals surface area contributed by atoms with Gasteiger partial charge in [-0.25, -0.2) is 0 Å². The number of aromatic nitrogens is 1. The van der Waals surface area contributed by atoms with Crippen molar-refractivity contribution in [2.75, 3.05) is 31.1 Å². The van der Waals surface area contributed by atoms with Gasteiger partial charge in [0.25, 0.3) is 11.9 Å². The van der Waals surface area contributed by atoms with Crippen LogP contribution in [-0.4, -0.2) is 42.7 Å². The van der Waals surface area contributed by atoms with Gasteiger partial charge in [0, 0.05) is 31.6 Å². The minimum atomic E-state index is -0.239. The van der Waals surface area contributed by atoms with Gasteiger partial charge in [-0.1, -0.05) is 24.3 Å². The molecule has 1 N–H and O–H groups in total. The molecule has 0 radical (unpaired) electrons. The van der Waals surface area contributed by atoms with Gasteiger partial charge >= 0.3 is 0 Å². The smallest absolute Gasteiger partial charge is 0.298 e. The Balaban J connectivity index is 1.07. The van der Waals surface area contributed by atoms with Crippen LogP contribution in [0.5, 0.6) is 11.5 Å². The highest BCUT2D eigenvalue weighted by atomic mass is 16.5. The van der Waals surface area contributed by atoms with Crippen LogP contribution in [0.3, 0.4) is 0 Å². The fourth-order valence-electron chi connectivity index (χ4n) is 4.48. The first kappa shape index (κ1) is 20.7. The molecule has 168 valence electrons. The molecule has 5 rings (SSSR count). The summed E-state index contributed by atoms with van der Waals surface area (Å²) in [5.74, 6) is 1.72. The van der Waals surface area contributed by atoms with Crippen LogP contribution < -0.4 is 19.7 Å². The van der Waals surface area contributed by atoms with E-state index in [2.05, 4.69) is 29.0 Å². The summed E-state index contributed by atoms with van der Waals surface area (Å²) in [5, 5.41) is 3.02. The number of fused-ring (bicyclic) bond motifs is 2. The van der Waals surface area contributed by atoms with Crippen molar-refractivity contribution in [1.82, 2.24) is 10.3 Å². The number of carbonyl (C=O) groups excluding carboxylic acids is 1. The van der Waals surface area contributed by atoms with Crippen LogP contribution in [0.2, 0.25) is 0 Å². The first-order chi connectivity index (χ1) is 15.5. The number of para-hydroxylation sites is 3. The highest BCUT2D eigenvalue weighted by Gasteiger charge is 2.32. The van der Waals surface area contributed by atoms with Crippen molar-refractivity contribution in [3.63, 3.8) is 0 Å². The van der Waals surface area contributed by atoms with Crippen LogP contribution >= 0.6 is 0 Å². The van der Waals surface area contributed by atoms with Gasteiger partial charge < -0.3 is 24.1 Å². The van der Waals surface area contributed by atoms with Crippen LogP contribution in [0.15, 0.2) is 46.9 Å². The zero-order valence-corrected chi connectivity index (χ0v) is 18.6. The predicted octanol–water partition coefficient (Wildman–Crippen LogP) is 3.95. The van der Waals surface area contributed by atoms with E-state index in [0.717, 1.165) is 54.8 Å². The van der Waals surface area contributed by atoms with E-state index in [4.69, 9.17) is 13.9 Å². The van der Waals surface area contributed by atoms with Gasteiger partial charge in [-0.15, -0.1) is 0 Å². The molecule has 3 heterocycles. The topological polar surface area (TPSA) is 76.8 Å². The molecule has 1 amide bonds. The summed E-state index contributed by atoms with van der Waals surface area (Å²) in [5.41, 5.74) is 2.58. The zero-order chi connectivity index (χ0) is 22.1. The van der Waals surface area contributed by atoms with E-state index >= 15 is 0 Å². The lowest BCUT2D eigenvalue weighted by atomic mass is 9.97. The van der Waals surface area contributed by atoms with Gasteiger partial charge in [-0.3, -0.25) is 4.79 Å². The normalized spacial score (nSPS) is 17.8. The fourth-order valence-corrected chi connectivity index (χ4v) is 4.48. The lowest BCUT2D eigenvalue weighted by Gasteiger charge is -2.30.